The summed E-state index contributed by atoms with van der Waals surface area (Å²) in [6, 6.07) is 20.7. The first-order valence-corrected chi connectivity index (χ1v) is 13.0. The van der Waals surface area contributed by atoms with Crippen LogP contribution in [0.15, 0.2) is 87.5 Å². The molecule has 0 N–H and O–H groups in total. The highest BCUT2D eigenvalue weighted by Crippen LogP contribution is 2.65. The van der Waals surface area contributed by atoms with E-state index in [1.807, 2.05) is 0 Å². The van der Waals surface area contributed by atoms with Crippen molar-refractivity contribution in [2.24, 2.45) is 0 Å². The molecule has 0 saturated heterocycles. The molecule has 0 heterocycles. The summed E-state index contributed by atoms with van der Waals surface area (Å²) in [5.74, 6) is 0.773. The normalized spacial score (nSPS) is 19.5. The molecule has 1 atom stereocenters. The SMILES string of the molecule is CCCC=CC=C(C)S(C)(c1ccccc1)c1ccc(C2CCCCC2)cc1. The molecule has 0 radical (unpaired) electrons. The average molecular weight is 393 g/mol. The van der Waals surface area contributed by atoms with E-state index in [-0.39, 0.29) is 0 Å². The van der Waals surface area contributed by atoms with Crippen molar-refractivity contribution in [1.29, 1.82) is 0 Å². The Balaban J connectivity index is 1.95. The van der Waals surface area contributed by atoms with Crippen molar-refractivity contribution in [3.63, 3.8) is 0 Å². The summed E-state index contributed by atoms with van der Waals surface area (Å²) in [4.78, 5) is 4.38. The first-order chi connectivity index (χ1) is 13.7. The maximum absolute atomic E-state index is 2.46. The molecule has 0 amide bonds. The van der Waals surface area contributed by atoms with Gasteiger partial charge in [-0.15, -0.1) is 0 Å². The summed E-state index contributed by atoms with van der Waals surface area (Å²) in [6.07, 6.45) is 18.6. The van der Waals surface area contributed by atoms with E-state index in [2.05, 4.69) is 92.9 Å². The predicted molar refractivity (Wildman–Crippen MR) is 127 cm³/mol. The standard InChI is InChI=1S/C27H36S/c1-4-5-6-9-14-23(2)28(3,26-17-12-8-13-18-26)27-21-19-25(20-22-27)24-15-10-7-11-16-24/h6,8-9,12-14,17-22,24H,4-5,7,10-11,15-16H2,1-3H3. The van der Waals surface area contributed by atoms with Crippen LogP contribution < -0.4 is 0 Å². The lowest BCUT2D eigenvalue weighted by atomic mass is 9.84. The first kappa shape index (κ1) is 21.0. The van der Waals surface area contributed by atoms with Gasteiger partial charge >= 0.3 is 0 Å². The predicted octanol–water partition coefficient (Wildman–Crippen LogP) is 8.85. The Hall–Kier alpha value is -1.73. The number of hydrogen-bond donors (Lipinski definition) is 0. The fourth-order valence-corrected chi connectivity index (χ4v) is 7.00. The minimum Gasteiger partial charge on any atom is -0.167 e. The second kappa shape index (κ2) is 10.2. The lowest BCUT2D eigenvalue weighted by molar-refractivity contribution is 0.443. The van der Waals surface area contributed by atoms with Gasteiger partial charge in [-0.3, -0.25) is 0 Å². The fourth-order valence-electron chi connectivity index (χ4n) is 4.25. The van der Waals surface area contributed by atoms with Crippen molar-refractivity contribution in [3.05, 3.63) is 83.3 Å². The largest absolute Gasteiger partial charge is 0.167 e. The molecule has 0 spiro atoms. The second-order valence-electron chi connectivity index (χ2n) is 8.13. The van der Waals surface area contributed by atoms with Crippen LogP contribution in [0, 0.1) is 0 Å². The van der Waals surface area contributed by atoms with E-state index in [0.717, 1.165) is 12.3 Å². The van der Waals surface area contributed by atoms with Crippen molar-refractivity contribution in [3.8, 4) is 0 Å². The molecule has 0 aliphatic heterocycles. The molecule has 1 unspecified atom stereocenters. The van der Waals surface area contributed by atoms with Gasteiger partial charge in [0, 0.05) is 0 Å². The molecule has 1 heteroatoms. The van der Waals surface area contributed by atoms with Crippen LogP contribution in [-0.4, -0.2) is 6.26 Å². The Bertz CT molecular complexity index is 779. The Labute approximate surface area is 174 Å². The van der Waals surface area contributed by atoms with E-state index in [0.29, 0.717) is 0 Å². The lowest BCUT2D eigenvalue weighted by Gasteiger charge is -2.38. The Morgan fingerprint density at radius 3 is 2.21 bits per heavy atom. The fraction of sp³-hybridized carbons (Fsp3) is 0.407. The topological polar surface area (TPSA) is 0 Å². The van der Waals surface area contributed by atoms with E-state index in [1.165, 1.54) is 53.2 Å². The van der Waals surface area contributed by atoms with Gasteiger partial charge in [-0.25, -0.2) is 0 Å². The smallest absolute Gasteiger partial charge is 0.00238 e. The average Bonchev–Trinajstić information content (AvgIpc) is 2.77. The number of allylic oxidation sites excluding steroid dienone is 4. The summed E-state index contributed by atoms with van der Waals surface area (Å²) in [6.45, 7) is 4.54. The molecule has 3 rings (SSSR count). The van der Waals surface area contributed by atoms with E-state index >= 15 is 0 Å². The van der Waals surface area contributed by atoms with Crippen LogP contribution in [0.2, 0.25) is 0 Å². The molecule has 1 aliphatic carbocycles. The van der Waals surface area contributed by atoms with Crippen LogP contribution in [0.1, 0.15) is 70.3 Å². The van der Waals surface area contributed by atoms with Crippen LogP contribution in [0.4, 0.5) is 0 Å². The number of unbranched alkanes of at least 4 members (excludes halogenated alkanes) is 1. The molecule has 150 valence electrons. The maximum atomic E-state index is 2.46. The molecular formula is C27H36S. The minimum atomic E-state index is -1.20. The Kier molecular flexibility index (Phi) is 7.62. The van der Waals surface area contributed by atoms with Crippen molar-refractivity contribution in [2.75, 3.05) is 6.26 Å². The highest BCUT2D eigenvalue weighted by molar-refractivity contribution is 8.36. The minimum absolute atomic E-state index is 0.773. The summed E-state index contributed by atoms with van der Waals surface area (Å²) >= 11 is 0. The van der Waals surface area contributed by atoms with Crippen molar-refractivity contribution < 1.29 is 0 Å². The van der Waals surface area contributed by atoms with Crippen molar-refractivity contribution >= 4 is 10.0 Å². The van der Waals surface area contributed by atoms with Gasteiger partial charge in [-0.2, -0.15) is 10.0 Å². The third-order valence-corrected chi connectivity index (χ3v) is 10.1. The van der Waals surface area contributed by atoms with Gasteiger partial charge in [0.05, 0.1) is 0 Å². The van der Waals surface area contributed by atoms with Gasteiger partial charge in [0.15, 0.2) is 0 Å². The molecule has 28 heavy (non-hydrogen) atoms. The third-order valence-electron chi connectivity index (χ3n) is 6.21. The van der Waals surface area contributed by atoms with Crippen molar-refractivity contribution in [1.82, 2.24) is 0 Å². The second-order valence-corrected chi connectivity index (χ2v) is 11.6. The Morgan fingerprint density at radius 1 is 0.929 bits per heavy atom. The molecule has 1 saturated carbocycles. The molecule has 1 fully saturated rings. The quantitative estimate of drug-likeness (QED) is 0.413. The van der Waals surface area contributed by atoms with Gasteiger partial charge in [-0.1, -0.05) is 81.2 Å². The highest BCUT2D eigenvalue weighted by Gasteiger charge is 2.25. The van der Waals surface area contributed by atoms with Gasteiger partial charge in [0.1, 0.15) is 0 Å². The molecule has 0 aromatic heterocycles. The summed E-state index contributed by atoms with van der Waals surface area (Å²) < 4.78 is 0. The van der Waals surface area contributed by atoms with E-state index < -0.39 is 10.0 Å². The zero-order valence-corrected chi connectivity index (χ0v) is 18.7. The molecule has 2 aromatic rings. The summed E-state index contributed by atoms with van der Waals surface area (Å²) in [5, 5.41) is 0. The van der Waals surface area contributed by atoms with Crippen LogP contribution in [0.3, 0.4) is 0 Å². The monoisotopic (exact) mass is 392 g/mol. The van der Waals surface area contributed by atoms with Crippen molar-refractivity contribution in [2.45, 2.75) is 74.5 Å². The summed E-state index contributed by atoms with van der Waals surface area (Å²) in [5.41, 5.74) is 1.54. The van der Waals surface area contributed by atoms with E-state index in [9.17, 15) is 0 Å². The zero-order valence-electron chi connectivity index (χ0n) is 17.9. The van der Waals surface area contributed by atoms with Gasteiger partial charge in [0.2, 0.25) is 0 Å². The molecule has 0 nitrogen and oxygen atoms in total. The Morgan fingerprint density at radius 2 is 1.57 bits per heavy atom. The van der Waals surface area contributed by atoms with Gasteiger partial charge in [0.25, 0.3) is 0 Å². The van der Waals surface area contributed by atoms with Crippen LogP contribution in [0.25, 0.3) is 0 Å². The van der Waals surface area contributed by atoms with Crippen LogP contribution in [-0.2, 0) is 0 Å². The molecule has 1 aliphatic rings. The number of rotatable bonds is 7. The summed E-state index contributed by atoms with van der Waals surface area (Å²) in [7, 11) is -1.20. The molecule has 0 bridgehead atoms. The number of benzene rings is 2. The maximum Gasteiger partial charge on any atom is -0.00238 e. The molecular weight excluding hydrogens is 356 g/mol. The molecule has 2 aromatic carbocycles. The van der Waals surface area contributed by atoms with Gasteiger partial charge in [-0.05, 0) is 82.9 Å². The van der Waals surface area contributed by atoms with Gasteiger partial charge < -0.3 is 0 Å². The van der Waals surface area contributed by atoms with Crippen LogP contribution in [0.5, 0.6) is 0 Å². The number of hydrogen-bond acceptors (Lipinski definition) is 0. The highest BCUT2D eigenvalue weighted by atomic mass is 32.3. The van der Waals surface area contributed by atoms with Crippen LogP contribution >= 0.6 is 10.0 Å². The zero-order chi connectivity index (χ0) is 19.8. The van der Waals surface area contributed by atoms with E-state index in [1.54, 1.807) is 5.56 Å². The lowest BCUT2D eigenvalue weighted by Crippen LogP contribution is -2.06. The first-order valence-electron chi connectivity index (χ1n) is 10.9. The third kappa shape index (κ3) is 4.81. The van der Waals surface area contributed by atoms with E-state index in [4.69, 9.17) is 0 Å².